The molecule has 20 heavy (non-hydrogen) atoms. The monoisotopic (exact) mass is 271 g/mol. The molecule has 0 aliphatic carbocycles. The molecule has 104 valence electrons. The molecule has 6 nitrogen and oxygen atoms in total. The molecule has 0 aromatic heterocycles. The van der Waals surface area contributed by atoms with Gasteiger partial charge in [-0.2, -0.15) is 10.5 Å². The van der Waals surface area contributed by atoms with Gasteiger partial charge in [-0.25, -0.2) is 0 Å². The highest BCUT2D eigenvalue weighted by molar-refractivity contribution is 5.90. The molecule has 0 saturated carbocycles. The minimum Gasteiger partial charge on any atom is -0.399 e. The number of nitrogens with one attached hydrogen (secondary N) is 1. The molecule has 0 radical (unpaired) electrons. The van der Waals surface area contributed by atoms with Gasteiger partial charge in [0.25, 0.3) is 0 Å². The molecule has 1 aromatic rings. The number of nitrogen functional groups attached to an aromatic ring is 1. The van der Waals surface area contributed by atoms with E-state index in [4.69, 9.17) is 16.3 Å². The van der Waals surface area contributed by atoms with E-state index in [1.807, 2.05) is 12.1 Å². The molecule has 0 fully saturated rings. The van der Waals surface area contributed by atoms with Crippen LogP contribution in [-0.2, 0) is 4.79 Å². The van der Waals surface area contributed by atoms with E-state index in [9.17, 15) is 4.79 Å². The molecule has 0 aliphatic heterocycles. The molecule has 6 heteroatoms. The fraction of sp³-hybridized carbons (Fsp3) is 0.357. The van der Waals surface area contributed by atoms with Gasteiger partial charge in [0, 0.05) is 24.3 Å². The maximum atomic E-state index is 11.7. The molecule has 0 spiro atoms. The number of nitrogens with two attached hydrogens (primary N) is 1. The summed E-state index contributed by atoms with van der Waals surface area (Å²) in [6.07, 6.45) is 0.946. The van der Waals surface area contributed by atoms with Crippen LogP contribution in [0.1, 0.15) is 12.8 Å². The Morgan fingerprint density at radius 2 is 1.80 bits per heavy atom. The zero-order valence-electron chi connectivity index (χ0n) is 11.2. The summed E-state index contributed by atoms with van der Waals surface area (Å²) in [7, 11) is 0. The van der Waals surface area contributed by atoms with Crippen molar-refractivity contribution < 1.29 is 4.79 Å². The first-order chi connectivity index (χ1) is 9.65. The maximum absolute atomic E-state index is 11.7. The van der Waals surface area contributed by atoms with E-state index in [0.29, 0.717) is 30.8 Å². The Morgan fingerprint density at radius 3 is 2.35 bits per heavy atom. The van der Waals surface area contributed by atoms with Crippen molar-refractivity contribution in [2.75, 3.05) is 30.7 Å². The van der Waals surface area contributed by atoms with Crippen molar-refractivity contribution in [2.24, 2.45) is 0 Å². The van der Waals surface area contributed by atoms with Crippen LogP contribution < -0.4 is 11.1 Å². The third-order valence-electron chi connectivity index (χ3n) is 2.66. The van der Waals surface area contributed by atoms with E-state index in [1.165, 1.54) is 0 Å². The van der Waals surface area contributed by atoms with Crippen molar-refractivity contribution in [3.05, 3.63) is 24.3 Å². The summed E-state index contributed by atoms with van der Waals surface area (Å²) in [5, 5.41) is 20.0. The van der Waals surface area contributed by atoms with Crippen molar-refractivity contribution in [1.29, 1.82) is 10.5 Å². The van der Waals surface area contributed by atoms with E-state index in [2.05, 4.69) is 5.32 Å². The number of nitrogens with zero attached hydrogens (tertiary/aromatic N) is 3. The van der Waals surface area contributed by atoms with Crippen LogP contribution >= 0.6 is 0 Å². The number of rotatable bonds is 7. The van der Waals surface area contributed by atoms with Gasteiger partial charge in [0.2, 0.25) is 5.91 Å². The molecule has 0 bridgehead atoms. The number of hydrogen-bond acceptors (Lipinski definition) is 5. The Bertz CT molecular complexity index is 496. The summed E-state index contributed by atoms with van der Waals surface area (Å²) in [6, 6.07) is 10.9. The standard InChI is InChI=1S/C14H17N5O/c15-7-10-19(11-8-16)9-1-2-14(20)18-13-5-3-12(17)4-6-13/h3-6H,1-2,9-11,17H2,(H,18,20). The van der Waals surface area contributed by atoms with Crippen LogP contribution in [0, 0.1) is 22.7 Å². The number of carbonyl (C=O) groups is 1. The predicted molar refractivity (Wildman–Crippen MR) is 76.4 cm³/mol. The first kappa shape index (κ1) is 15.5. The molecule has 1 aromatic carbocycles. The van der Waals surface area contributed by atoms with Crippen molar-refractivity contribution >= 4 is 17.3 Å². The first-order valence-corrected chi connectivity index (χ1v) is 6.27. The second-order valence-electron chi connectivity index (χ2n) is 4.30. The molecular formula is C14H17N5O. The lowest BCUT2D eigenvalue weighted by molar-refractivity contribution is -0.116. The van der Waals surface area contributed by atoms with Gasteiger partial charge >= 0.3 is 0 Å². The minimum absolute atomic E-state index is 0.0939. The molecule has 0 aliphatic rings. The summed E-state index contributed by atoms with van der Waals surface area (Å²) in [4.78, 5) is 13.4. The van der Waals surface area contributed by atoms with Gasteiger partial charge in [0.1, 0.15) is 0 Å². The fourth-order valence-corrected chi connectivity index (χ4v) is 1.67. The Labute approximate surface area is 118 Å². The highest BCUT2D eigenvalue weighted by atomic mass is 16.1. The van der Waals surface area contributed by atoms with Crippen LogP contribution in [0.4, 0.5) is 11.4 Å². The Morgan fingerprint density at radius 1 is 1.20 bits per heavy atom. The molecule has 0 unspecified atom stereocenters. The van der Waals surface area contributed by atoms with Crippen molar-refractivity contribution in [2.45, 2.75) is 12.8 Å². The molecular weight excluding hydrogens is 254 g/mol. The van der Waals surface area contributed by atoms with Gasteiger partial charge in [-0.15, -0.1) is 0 Å². The Hall–Kier alpha value is -2.57. The van der Waals surface area contributed by atoms with Gasteiger partial charge in [0.05, 0.1) is 25.2 Å². The number of carbonyl (C=O) groups excluding carboxylic acids is 1. The molecule has 0 heterocycles. The smallest absolute Gasteiger partial charge is 0.224 e. The largest absolute Gasteiger partial charge is 0.399 e. The molecule has 1 rings (SSSR count). The number of benzene rings is 1. The summed E-state index contributed by atoms with van der Waals surface area (Å²) < 4.78 is 0. The summed E-state index contributed by atoms with van der Waals surface area (Å²) in [5.74, 6) is -0.0939. The van der Waals surface area contributed by atoms with E-state index >= 15 is 0 Å². The van der Waals surface area contributed by atoms with E-state index in [1.54, 1.807) is 29.2 Å². The highest BCUT2D eigenvalue weighted by Crippen LogP contribution is 2.11. The highest BCUT2D eigenvalue weighted by Gasteiger charge is 2.06. The molecule has 0 atom stereocenters. The van der Waals surface area contributed by atoms with Gasteiger partial charge in [-0.05, 0) is 30.7 Å². The quantitative estimate of drug-likeness (QED) is 0.575. The van der Waals surface area contributed by atoms with Gasteiger partial charge in [0.15, 0.2) is 0 Å². The lowest BCUT2D eigenvalue weighted by Crippen LogP contribution is -2.26. The lowest BCUT2D eigenvalue weighted by Gasteiger charge is -2.14. The predicted octanol–water partition coefficient (Wildman–Crippen LogP) is 1.34. The van der Waals surface area contributed by atoms with Crippen LogP contribution in [0.5, 0.6) is 0 Å². The average Bonchev–Trinajstić information content (AvgIpc) is 2.42. The number of anilines is 2. The van der Waals surface area contributed by atoms with Crippen LogP contribution in [-0.4, -0.2) is 30.4 Å². The van der Waals surface area contributed by atoms with Gasteiger partial charge in [-0.1, -0.05) is 0 Å². The Kier molecular flexibility index (Phi) is 6.60. The van der Waals surface area contributed by atoms with Crippen LogP contribution in [0.15, 0.2) is 24.3 Å². The SMILES string of the molecule is N#CCN(CC#N)CCCC(=O)Nc1ccc(N)cc1. The molecule has 3 N–H and O–H groups in total. The first-order valence-electron chi connectivity index (χ1n) is 6.27. The zero-order chi connectivity index (χ0) is 14.8. The van der Waals surface area contributed by atoms with Crippen molar-refractivity contribution in [3.8, 4) is 12.1 Å². The van der Waals surface area contributed by atoms with Gasteiger partial charge < -0.3 is 11.1 Å². The fourth-order valence-electron chi connectivity index (χ4n) is 1.67. The lowest BCUT2D eigenvalue weighted by atomic mass is 10.2. The topological polar surface area (TPSA) is 106 Å². The van der Waals surface area contributed by atoms with Crippen LogP contribution in [0.2, 0.25) is 0 Å². The normalized spacial score (nSPS) is 9.75. The third kappa shape index (κ3) is 5.85. The second-order valence-corrected chi connectivity index (χ2v) is 4.30. The van der Waals surface area contributed by atoms with Crippen molar-refractivity contribution in [1.82, 2.24) is 4.90 Å². The Balaban J connectivity index is 2.31. The van der Waals surface area contributed by atoms with Crippen molar-refractivity contribution in [3.63, 3.8) is 0 Å². The summed E-state index contributed by atoms with van der Waals surface area (Å²) in [6.45, 7) is 0.955. The van der Waals surface area contributed by atoms with E-state index in [0.717, 1.165) is 0 Å². The van der Waals surface area contributed by atoms with Crippen LogP contribution in [0.3, 0.4) is 0 Å². The maximum Gasteiger partial charge on any atom is 0.224 e. The second kappa shape index (κ2) is 8.52. The minimum atomic E-state index is -0.0939. The van der Waals surface area contributed by atoms with E-state index in [-0.39, 0.29) is 19.0 Å². The van der Waals surface area contributed by atoms with Crippen LogP contribution in [0.25, 0.3) is 0 Å². The third-order valence-corrected chi connectivity index (χ3v) is 2.66. The summed E-state index contributed by atoms with van der Waals surface area (Å²) >= 11 is 0. The van der Waals surface area contributed by atoms with E-state index < -0.39 is 0 Å². The number of hydrogen-bond donors (Lipinski definition) is 2. The zero-order valence-corrected chi connectivity index (χ0v) is 11.2. The van der Waals surface area contributed by atoms with Gasteiger partial charge in [-0.3, -0.25) is 9.69 Å². The summed E-state index contributed by atoms with van der Waals surface area (Å²) in [5.41, 5.74) is 6.91. The number of nitriles is 2. The molecule has 0 saturated heterocycles. The number of amides is 1. The average molecular weight is 271 g/mol. The molecule has 1 amide bonds.